The van der Waals surface area contributed by atoms with Crippen molar-refractivity contribution in [3.63, 3.8) is 0 Å². The van der Waals surface area contributed by atoms with Crippen LogP contribution in [0, 0.1) is 0 Å². The molecular formula is C14H14BrClO3S. The Bertz CT molecular complexity index is 600. The smallest absolute Gasteiger partial charge is 0.164 e. The van der Waals surface area contributed by atoms with Crippen molar-refractivity contribution in [2.24, 2.45) is 0 Å². The number of methoxy groups -OCH3 is 3. The molecule has 2 aromatic rings. The lowest BCUT2D eigenvalue weighted by atomic mass is 10.1. The second-order valence-corrected chi connectivity index (χ2v) is 6.18. The molecule has 1 atom stereocenters. The maximum absolute atomic E-state index is 6.59. The third-order valence-corrected chi connectivity index (χ3v) is 5.40. The van der Waals surface area contributed by atoms with Gasteiger partial charge in [-0.15, -0.1) is 22.9 Å². The van der Waals surface area contributed by atoms with Crippen LogP contribution in [0.2, 0.25) is 0 Å². The fourth-order valence-electron chi connectivity index (χ4n) is 1.88. The molecule has 3 nitrogen and oxygen atoms in total. The summed E-state index contributed by atoms with van der Waals surface area (Å²) in [6, 6.07) is 5.61. The van der Waals surface area contributed by atoms with Crippen LogP contribution < -0.4 is 14.2 Å². The number of hydrogen-bond donors (Lipinski definition) is 0. The van der Waals surface area contributed by atoms with Gasteiger partial charge in [0.2, 0.25) is 0 Å². The van der Waals surface area contributed by atoms with Gasteiger partial charge in [-0.1, -0.05) is 0 Å². The Balaban J connectivity index is 2.52. The average molecular weight is 378 g/mol. The average Bonchev–Trinajstić information content (AvgIpc) is 2.91. The highest BCUT2D eigenvalue weighted by molar-refractivity contribution is 9.10. The van der Waals surface area contributed by atoms with Crippen LogP contribution in [0.5, 0.6) is 17.2 Å². The lowest BCUT2D eigenvalue weighted by Crippen LogP contribution is -1.99. The Morgan fingerprint density at radius 1 is 1.05 bits per heavy atom. The second-order valence-electron chi connectivity index (χ2n) is 3.94. The maximum atomic E-state index is 6.59. The number of rotatable bonds is 5. The molecule has 1 aromatic heterocycles. The first-order valence-corrected chi connectivity index (χ1v) is 7.90. The Morgan fingerprint density at radius 2 is 1.65 bits per heavy atom. The summed E-state index contributed by atoms with van der Waals surface area (Å²) >= 11 is 11.7. The van der Waals surface area contributed by atoms with Gasteiger partial charge >= 0.3 is 0 Å². The molecule has 0 amide bonds. The van der Waals surface area contributed by atoms with E-state index < -0.39 is 0 Å². The molecular weight excluding hydrogens is 364 g/mol. The molecule has 108 valence electrons. The summed E-state index contributed by atoms with van der Waals surface area (Å²) in [6.07, 6.45) is 0. The summed E-state index contributed by atoms with van der Waals surface area (Å²) in [5.41, 5.74) is 0.843. The van der Waals surface area contributed by atoms with E-state index in [0.717, 1.165) is 14.9 Å². The van der Waals surface area contributed by atoms with Crippen molar-refractivity contribution < 1.29 is 14.2 Å². The largest absolute Gasteiger partial charge is 0.496 e. The predicted molar refractivity (Wildman–Crippen MR) is 85.8 cm³/mol. The van der Waals surface area contributed by atoms with Crippen LogP contribution in [0.15, 0.2) is 28.1 Å². The van der Waals surface area contributed by atoms with Gasteiger partial charge in [0.25, 0.3) is 0 Å². The van der Waals surface area contributed by atoms with E-state index in [9.17, 15) is 0 Å². The molecule has 0 saturated carbocycles. The minimum Gasteiger partial charge on any atom is -0.496 e. The zero-order valence-electron chi connectivity index (χ0n) is 11.3. The molecule has 0 aliphatic carbocycles. The highest BCUT2D eigenvalue weighted by atomic mass is 79.9. The first-order valence-electron chi connectivity index (χ1n) is 5.79. The Hall–Kier alpha value is -0.910. The molecule has 0 aliphatic heterocycles. The number of thiophene rings is 1. The van der Waals surface area contributed by atoms with Crippen molar-refractivity contribution in [2.45, 2.75) is 5.38 Å². The number of halogens is 2. The third-order valence-electron chi connectivity index (χ3n) is 2.88. The molecule has 1 aromatic carbocycles. The van der Waals surface area contributed by atoms with E-state index in [0.29, 0.717) is 17.2 Å². The summed E-state index contributed by atoms with van der Waals surface area (Å²) < 4.78 is 17.0. The molecule has 0 spiro atoms. The number of alkyl halides is 1. The molecule has 0 bridgehead atoms. The first-order chi connectivity index (χ1) is 9.62. The van der Waals surface area contributed by atoms with Crippen LogP contribution in [0.1, 0.15) is 15.8 Å². The van der Waals surface area contributed by atoms with E-state index in [1.54, 1.807) is 38.7 Å². The maximum Gasteiger partial charge on any atom is 0.164 e. The van der Waals surface area contributed by atoms with Crippen LogP contribution in [0.4, 0.5) is 0 Å². The van der Waals surface area contributed by atoms with Gasteiger partial charge < -0.3 is 14.2 Å². The first kappa shape index (κ1) is 15.5. The van der Waals surface area contributed by atoms with E-state index in [-0.39, 0.29) is 5.38 Å². The molecule has 0 saturated heterocycles. The monoisotopic (exact) mass is 376 g/mol. The molecule has 20 heavy (non-hydrogen) atoms. The number of benzene rings is 1. The van der Waals surface area contributed by atoms with Crippen molar-refractivity contribution in [2.75, 3.05) is 21.3 Å². The summed E-state index contributed by atoms with van der Waals surface area (Å²) in [7, 11) is 4.79. The normalized spacial score (nSPS) is 12.1. The van der Waals surface area contributed by atoms with Gasteiger partial charge in [0.1, 0.15) is 5.75 Å². The van der Waals surface area contributed by atoms with Crippen molar-refractivity contribution in [1.82, 2.24) is 0 Å². The third kappa shape index (κ3) is 2.90. The zero-order chi connectivity index (χ0) is 14.7. The topological polar surface area (TPSA) is 27.7 Å². The van der Waals surface area contributed by atoms with E-state index >= 15 is 0 Å². The van der Waals surface area contributed by atoms with Crippen LogP contribution in [-0.2, 0) is 0 Å². The van der Waals surface area contributed by atoms with Gasteiger partial charge in [-0.25, -0.2) is 0 Å². The van der Waals surface area contributed by atoms with Crippen molar-refractivity contribution in [3.05, 3.63) is 38.5 Å². The SMILES string of the molecule is COc1cc(OC)c(C(Cl)c2sccc2Br)cc1OC. The van der Waals surface area contributed by atoms with Crippen molar-refractivity contribution >= 4 is 38.9 Å². The Kier molecular flexibility index (Phi) is 5.18. The molecule has 0 N–H and O–H groups in total. The molecule has 1 unspecified atom stereocenters. The summed E-state index contributed by atoms with van der Waals surface area (Å²) in [5, 5.41) is 1.67. The fourth-order valence-corrected chi connectivity index (χ4v) is 4.05. The molecule has 0 radical (unpaired) electrons. The molecule has 2 rings (SSSR count). The number of hydrogen-bond acceptors (Lipinski definition) is 4. The molecule has 1 heterocycles. The highest BCUT2D eigenvalue weighted by Gasteiger charge is 2.22. The minimum atomic E-state index is -0.320. The lowest BCUT2D eigenvalue weighted by Gasteiger charge is -2.17. The van der Waals surface area contributed by atoms with Gasteiger partial charge in [-0.2, -0.15) is 0 Å². The minimum absolute atomic E-state index is 0.320. The fraction of sp³-hybridized carbons (Fsp3) is 0.286. The van der Waals surface area contributed by atoms with Gasteiger partial charge in [-0.3, -0.25) is 0 Å². The summed E-state index contributed by atoms with van der Waals surface area (Å²) in [4.78, 5) is 1.03. The zero-order valence-corrected chi connectivity index (χ0v) is 14.4. The van der Waals surface area contributed by atoms with Gasteiger partial charge in [0.05, 0.1) is 26.7 Å². The molecule has 0 aliphatic rings. The Labute approximate surface area is 135 Å². The van der Waals surface area contributed by atoms with E-state index in [1.165, 1.54) is 0 Å². The van der Waals surface area contributed by atoms with Crippen LogP contribution >= 0.6 is 38.9 Å². The quantitative estimate of drug-likeness (QED) is 0.696. The van der Waals surface area contributed by atoms with Crippen LogP contribution in [0.3, 0.4) is 0 Å². The standard InChI is InChI=1S/C14H14BrClO3S/c1-17-10-7-12(19-3)11(18-2)6-8(10)13(16)14-9(15)4-5-20-14/h4-7,13H,1-3H3. The Morgan fingerprint density at radius 3 is 2.15 bits per heavy atom. The number of ether oxygens (including phenoxy) is 3. The summed E-state index contributed by atoms with van der Waals surface area (Å²) in [6.45, 7) is 0. The predicted octanol–water partition coefficient (Wildman–Crippen LogP) is 4.86. The lowest BCUT2D eigenvalue weighted by molar-refractivity contribution is 0.347. The van der Waals surface area contributed by atoms with E-state index in [4.69, 9.17) is 25.8 Å². The van der Waals surface area contributed by atoms with E-state index in [1.807, 2.05) is 17.5 Å². The van der Waals surface area contributed by atoms with Crippen LogP contribution in [-0.4, -0.2) is 21.3 Å². The van der Waals surface area contributed by atoms with Gasteiger partial charge in [0.15, 0.2) is 11.5 Å². The highest BCUT2D eigenvalue weighted by Crippen LogP contribution is 2.44. The molecule has 6 heteroatoms. The van der Waals surface area contributed by atoms with Crippen molar-refractivity contribution in [3.8, 4) is 17.2 Å². The van der Waals surface area contributed by atoms with Gasteiger partial charge in [-0.05, 0) is 33.4 Å². The molecule has 0 fully saturated rings. The second kappa shape index (κ2) is 6.70. The van der Waals surface area contributed by atoms with Crippen molar-refractivity contribution in [1.29, 1.82) is 0 Å². The van der Waals surface area contributed by atoms with E-state index in [2.05, 4.69) is 15.9 Å². The summed E-state index contributed by atoms with van der Waals surface area (Å²) in [5.74, 6) is 1.91. The van der Waals surface area contributed by atoms with Gasteiger partial charge in [0, 0.05) is 21.0 Å². The van der Waals surface area contributed by atoms with Crippen LogP contribution in [0.25, 0.3) is 0 Å².